The van der Waals surface area contributed by atoms with E-state index in [-0.39, 0.29) is 17.1 Å². The quantitative estimate of drug-likeness (QED) is 0.544. The van der Waals surface area contributed by atoms with Gasteiger partial charge in [0, 0.05) is 31.4 Å². The Labute approximate surface area is 173 Å². The van der Waals surface area contributed by atoms with Crippen LogP contribution in [0.2, 0.25) is 0 Å². The maximum absolute atomic E-state index is 13.5. The second-order valence-corrected chi connectivity index (χ2v) is 7.87. The Kier molecular flexibility index (Phi) is 5.97. The number of thioether (sulfide) groups is 1. The average Bonchev–Trinajstić information content (AvgIpc) is 3.33. The minimum Gasteiger partial charge on any atom is -0.385 e. The van der Waals surface area contributed by atoms with Crippen LogP contribution in [0.25, 0.3) is 16.9 Å². The van der Waals surface area contributed by atoms with Crippen LogP contribution < -0.4 is 0 Å². The highest BCUT2D eigenvalue weighted by molar-refractivity contribution is 8.00. The number of halogens is 1. The van der Waals surface area contributed by atoms with E-state index in [2.05, 4.69) is 5.10 Å². The van der Waals surface area contributed by atoms with Gasteiger partial charge in [0.25, 0.3) is 0 Å². The summed E-state index contributed by atoms with van der Waals surface area (Å²) in [5, 5.41) is 4.50. The first-order valence-corrected chi connectivity index (χ1v) is 10.5. The zero-order valence-electron chi connectivity index (χ0n) is 16.1. The van der Waals surface area contributed by atoms with Crippen LogP contribution in [0.4, 0.5) is 4.39 Å². The van der Waals surface area contributed by atoms with Crippen molar-refractivity contribution in [3.05, 3.63) is 72.2 Å². The molecule has 1 aliphatic heterocycles. The van der Waals surface area contributed by atoms with Crippen molar-refractivity contribution >= 4 is 17.7 Å². The van der Waals surface area contributed by atoms with E-state index in [1.807, 2.05) is 46.1 Å². The molecule has 2 aromatic carbocycles. The fourth-order valence-corrected chi connectivity index (χ4v) is 4.76. The normalized spacial score (nSPS) is 16.6. The molecule has 29 heavy (non-hydrogen) atoms. The van der Waals surface area contributed by atoms with Crippen molar-refractivity contribution in [3.63, 3.8) is 0 Å². The first-order valence-electron chi connectivity index (χ1n) is 9.48. The zero-order valence-corrected chi connectivity index (χ0v) is 16.9. The number of benzene rings is 2. The summed E-state index contributed by atoms with van der Waals surface area (Å²) >= 11 is 1.60. The van der Waals surface area contributed by atoms with Gasteiger partial charge in [0.1, 0.15) is 11.2 Å². The number of methoxy groups -OCH3 is 1. The minimum absolute atomic E-state index is 0.119. The predicted molar refractivity (Wildman–Crippen MR) is 112 cm³/mol. The van der Waals surface area contributed by atoms with Gasteiger partial charge in [-0.3, -0.25) is 4.79 Å². The fourth-order valence-electron chi connectivity index (χ4n) is 3.54. The molecule has 2 heterocycles. The van der Waals surface area contributed by atoms with E-state index in [9.17, 15) is 9.18 Å². The Morgan fingerprint density at radius 2 is 1.93 bits per heavy atom. The number of hydrogen-bond acceptors (Lipinski definition) is 4. The first kappa shape index (κ1) is 19.7. The molecule has 0 radical (unpaired) electrons. The van der Waals surface area contributed by atoms with Crippen LogP contribution in [0.1, 0.15) is 17.4 Å². The molecule has 150 valence electrons. The zero-order chi connectivity index (χ0) is 20.2. The highest BCUT2D eigenvalue weighted by atomic mass is 32.2. The molecular formula is C22H22FN3O2S. The van der Waals surface area contributed by atoms with Crippen molar-refractivity contribution in [2.75, 3.05) is 26.0 Å². The number of ether oxygens (including phenoxy) is 1. The Hall–Kier alpha value is -2.64. The number of nitrogens with zero attached hydrogens (tertiary/aromatic N) is 3. The lowest BCUT2D eigenvalue weighted by molar-refractivity contribution is -0.128. The van der Waals surface area contributed by atoms with Gasteiger partial charge in [-0.2, -0.15) is 5.10 Å². The Morgan fingerprint density at radius 3 is 2.66 bits per heavy atom. The summed E-state index contributed by atoms with van der Waals surface area (Å²) in [6.45, 7) is 1.24. The second-order valence-electron chi connectivity index (χ2n) is 6.80. The third kappa shape index (κ3) is 4.06. The maximum Gasteiger partial charge on any atom is 0.233 e. The number of rotatable bonds is 7. The molecule has 0 saturated carbocycles. The monoisotopic (exact) mass is 411 g/mol. The topological polar surface area (TPSA) is 47.4 Å². The SMILES string of the molecule is COCCCN1C(=O)CSC1c1cnn(-c2ccccc2)c1-c1ccc(F)cc1. The van der Waals surface area contributed by atoms with E-state index >= 15 is 0 Å². The van der Waals surface area contributed by atoms with Crippen LogP contribution in [-0.4, -0.2) is 46.6 Å². The lowest BCUT2D eigenvalue weighted by Gasteiger charge is -2.24. The summed E-state index contributed by atoms with van der Waals surface area (Å²) < 4.78 is 20.6. The third-order valence-electron chi connectivity index (χ3n) is 4.90. The van der Waals surface area contributed by atoms with E-state index in [0.717, 1.165) is 28.9 Å². The molecule has 1 unspecified atom stereocenters. The molecule has 0 aliphatic carbocycles. The van der Waals surface area contributed by atoms with Crippen LogP contribution in [0.5, 0.6) is 0 Å². The molecule has 1 amide bonds. The number of aromatic nitrogens is 2. The minimum atomic E-state index is -0.285. The van der Waals surface area contributed by atoms with Gasteiger partial charge >= 0.3 is 0 Å². The van der Waals surface area contributed by atoms with Crippen LogP contribution >= 0.6 is 11.8 Å². The summed E-state index contributed by atoms with van der Waals surface area (Å²) in [5.74, 6) is 0.276. The van der Waals surface area contributed by atoms with Crippen molar-refractivity contribution < 1.29 is 13.9 Å². The maximum atomic E-state index is 13.5. The van der Waals surface area contributed by atoms with Crippen LogP contribution in [0, 0.1) is 5.82 Å². The lowest BCUT2D eigenvalue weighted by Crippen LogP contribution is -2.30. The Morgan fingerprint density at radius 1 is 1.17 bits per heavy atom. The van der Waals surface area contributed by atoms with E-state index in [1.54, 1.807) is 31.0 Å². The van der Waals surface area contributed by atoms with Crippen molar-refractivity contribution in [3.8, 4) is 16.9 Å². The van der Waals surface area contributed by atoms with E-state index < -0.39 is 0 Å². The molecule has 4 rings (SSSR count). The molecule has 5 nitrogen and oxygen atoms in total. The van der Waals surface area contributed by atoms with Gasteiger partial charge in [-0.25, -0.2) is 9.07 Å². The predicted octanol–water partition coefficient (Wildman–Crippen LogP) is 4.29. The summed E-state index contributed by atoms with van der Waals surface area (Å²) in [6.07, 6.45) is 2.60. The van der Waals surface area contributed by atoms with Gasteiger partial charge in [-0.05, 0) is 42.8 Å². The summed E-state index contributed by atoms with van der Waals surface area (Å²) in [7, 11) is 1.66. The highest BCUT2D eigenvalue weighted by Crippen LogP contribution is 2.43. The molecule has 1 saturated heterocycles. The van der Waals surface area contributed by atoms with Crippen LogP contribution in [0.3, 0.4) is 0 Å². The molecule has 1 aromatic heterocycles. The molecule has 3 aromatic rings. The number of carbonyl (C=O) groups is 1. The van der Waals surface area contributed by atoms with Crippen molar-refractivity contribution in [1.29, 1.82) is 0 Å². The molecular weight excluding hydrogens is 389 g/mol. The first-order chi connectivity index (χ1) is 14.2. The molecule has 0 spiro atoms. The van der Waals surface area contributed by atoms with E-state index in [4.69, 9.17) is 4.74 Å². The number of hydrogen-bond donors (Lipinski definition) is 0. The van der Waals surface area contributed by atoms with Crippen molar-refractivity contribution in [2.45, 2.75) is 11.8 Å². The average molecular weight is 412 g/mol. The molecule has 0 N–H and O–H groups in total. The number of carbonyl (C=O) groups excluding carboxylic acids is 1. The molecule has 1 atom stereocenters. The third-order valence-corrected chi connectivity index (χ3v) is 6.14. The van der Waals surface area contributed by atoms with Gasteiger partial charge < -0.3 is 9.64 Å². The van der Waals surface area contributed by atoms with Gasteiger partial charge in [0.2, 0.25) is 5.91 Å². The Balaban J connectivity index is 1.78. The molecule has 1 fully saturated rings. The van der Waals surface area contributed by atoms with Gasteiger partial charge in [0.05, 0.1) is 23.3 Å². The lowest BCUT2D eigenvalue weighted by atomic mass is 10.1. The van der Waals surface area contributed by atoms with Crippen molar-refractivity contribution in [2.24, 2.45) is 0 Å². The smallest absolute Gasteiger partial charge is 0.233 e. The standard InChI is InChI=1S/C22H22FN3O2S/c1-28-13-5-12-25-20(27)15-29-22(25)19-14-24-26(18-6-3-2-4-7-18)21(19)16-8-10-17(23)11-9-16/h2-4,6-11,14,22H,5,12-13,15H2,1H3. The second kappa shape index (κ2) is 8.80. The molecule has 1 aliphatic rings. The van der Waals surface area contributed by atoms with Crippen LogP contribution in [0.15, 0.2) is 60.8 Å². The Bertz CT molecular complexity index is 975. The van der Waals surface area contributed by atoms with Crippen molar-refractivity contribution in [1.82, 2.24) is 14.7 Å². The summed E-state index contributed by atoms with van der Waals surface area (Å²) in [4.78, 5) is 14.4. The number of para-hydroxylation sites is 1. The summed E-state index contributed by atoms with van der Waals surface area (Å²) in [5.41, 5.74) is 3.60. The molecule has 7 heteroatoms. The van der Waals surface area contributed by atoms with Gasteiger partial charge in [-0.15, -0.1) is 11.8 Å². The highest BCUT2D eigenvalue weighted by Gasteiger charge is 2.35. The summed E-state index contributed by atoms with van der Waals surface area (Å²) in [6, 6.07) is 16.2. The van der Waals surface area contributed by atoms with Crippen LogP contribution in [-0.2, 0) is 9.53 Å². The van der Waals surface area contributed by atoms with Gasteiger partial charge in [0.15, 0.2) is 0 Å². The molecule has 0 bridgehead atoms. The number of amides is 1. The van der Waals surface area contributed by atoms with Gasteiger partial charge in [-0.1, -0.05) is 18.2 Å². The van der Waals surface area contributed by atoms with E-state index in [1.165, 1.54) is 12.1 Å². The van der Waals surface area contributed by atoms with E-state index in [0.29, 0.717) is 18.9 Å². The fraction of sp³-hybridized carbons (Fsp3) is 0.273. The largest absolute Gasteiger partial charge is 0.385 e.